The molecule has 2 aromatic rings. The number of hydrogen-bond acceptors (Lipinski definition) is 2. The highest BCUT2D eigenvalue weighted by Gasteiger charge is 2.21. The summed E-state index contributed by atoms with van der Waals surface area (Å²) in [5, 5.41) is 0. The maximum absolute atomic E-state index is 4.37. The quantitative estimate of drug-likeness (QED) is 0.580. The molecule has 2 nitrogen and oxygen atoms in total. The Morgan fingerprint density at radius 1 is 1.31 bits per heavy atom. The van der Waals surface area contributed by atoms with E-state index in [9.17, 15) is 0 Å². The van der Waals surface area contributed by atoms with Gasteiger partial charge in [-0.1, -0.05) is 0 Å². The van der Waals surface area contributed by atoms with Crippen LogP contribution in [0.25, 0.3) is 4.96 Å². The Kier molecular flexibility index (Phi) is 1.59. The molecule has 2 aromatic heterocycles. The van der Waals surface area contributed by atoms with Crippen molar-refractivity contribution in [2.75, 3.05) is 0 Å². The first-order chi connectivity index (χ1) is 6.45. The lowest BCUT2D eigenvalue weighted by Crippen LogP contribution is -2.26. The zero-order chi connectivity index (χ0) is 8.67. The van der Waals surface area contributed by atoms with Gasteiger partial charge in [0.15, 0.2) is 0 Å². The van der Waals surface area contributed by atoms with Crippen LogP contribution in [0.5, 0.6) is 0 Å². The summed E-state index contributed by atoms with van der Waals surface area (Å²) < 4.78 is 2.25. The second-order valence-corrected chi connectivity index (χ2v) is 4.51. The second kappa shape index (κ2) is 2.77. The molecule has 0 aromatic carbocycles. The molecular weight excluding hydrogens is 180 g/mol. The molecule has 0 amide bonds. The predicted molar refractivity (Wildman–Crippen MR) is 51.9 cm³/mol. The Bertz CT molecular complexity index is 447. The van der Waals surface area contributed by atoms with Gasteiger partial charge in [-0.15, -0.1) is 0 Å². The van der Waals surface area contributed by atoms with Gasteiger partial charge >= 0.3 is 4.96 Å². The maximum atomic E-state index is 4.37. The minimum atomic E-state index is 1.15. The lowest BCUT2D eigenvalue weighted by atomic mass is 10.0. The largest absolute Gasteiger partial charge is 0.387 e. The Labute approximate surface area is 80.9 Å². The maximum Gasteiger partial charge on any atom is 0.387 e. The molecule has 0 fully saturated rings. The normalized spacial score (nSPS) is 16.0. The molecule has 0 saturated carbocycles. The van der Waals surface area contributed by atoms with Crippen LogP contribution >= 0.6 is 11.3 Å². The summed E-state index contributed by atoms with van der Waals surface area (Å²) in [6.45, 7) is 0. The molecule has 2 heterocycles. The van der Waals surface area contributed by atoms with Crippen LogP contribution in [0.3, 0.4) is 0 Å². The van der Waals surface area contributed by atoms with Crippen LogP contribution in [-0.4, -0.2) is 4.98 Å². The number of thiazole rings is 1. The van der Waals surface area contributed by atoms with E-state index in [0.717, 1.165) is 4.96 Å². The average molecular weight is 191 g/mol. The molecule has 13 heavy (non-hydrogen) atoms. The molecule has 3 heteroatoms. The van der Waals surface area contributed by atoms with Crippen LogP contribution in [0, 0.1) is 0 Å². The first-order valence-corrected chi connectivity index (χ1v) is 5.54. The van der Waals surface area contributed by atoms with Gasteiger partial charge in [-0.3, -0.25) is 0 Å². The SMILES string of the molecule is c1cnc2sc3c([n+]2c1)CCCC3. The number of hydrogen-bond donors (Lipinski definition) is 0. The number of rotatable bonds is 0. The van der Waals surface area contributed by atoms with E-state index in [4.69, 9.17) is 0 Å². The van der Waals surface area contributed by atoms with Gasteiger partial charge in [-0.05, 0) is 35.6 Å². The highest BCUT2D eigenvalue weighted by atomic mass is 32.1. The van der Waals surface area contributed by atoms with E-state index in [-0.39, 0.29) is 0 Å². The Hall–Kier alpha value is -0.960. The number of aromatic nitrogens is 2. The Morgan fingerprint density at radius 3 is 3.23 bits per heavy atom. The van der Waals surface area contributed by atoms with Gasteiger partial charge in [-0.25, -0.2) is 0 Å². The van der Waals surface area contributed by atoms with Gasteiger partial charge in [-0.2, -0.15) is 4.40 Å². The van der Waals surface area contributed by atoms with Gasteiger partial charge in [0.1, 0.15) is 18.1 Å². The van der Waals surface area contributed by atoms with Crippen LogP contribution in [0.2, 0.25) is 0 Å². The van der Waals surface area contributed by atoms with Gasteiger partial charge in [0.2, 0.25) is 0 Å². The van der Waals surface area contributed by atoms with Crippen molar-refractivity contribution in [2.24, 2.45) is 0 Å². The highest BCUT2D eigenvalue weighted by molar-refractivity contribution is 7.16. The van der Waals surface area contributed by atoms with E-state index < -0.39 is 0 Å². The number of aryl methyl sites for hydroxylation is 2. The standard InChI is InChI=1S/C10H11N2S/c1-2-5-9-8(4-1)12-7-3-6-11-10(12)13-9/h3,6-7H,1-2,4-5H2/q+1. The van der Waals surface area contributed by atoms with Crippen molar-refractivity contribution >= 4 is 16.3 Å². The summed E-state index contributed by atoms with van der Waals surface area (Å²) in [5.41, 5.74) is 1.50. The Morgan fingerprint density at radius 2 is 2.23 bits per heavy atom. The molecule has 3 rings (SSSR count). The first-order valence-electron chi connectivity index (χ1n) is 4.72. The third-order valence-corrected chi connectivity index (χ3v) is 3.78. The van der Waals surface area contributed by atoms with Gasteiger partial charge in [0.05, 0.1) is 4.88 Å². The molecule has 0 spiro atoms. The molecule has 0 saturated heterocycles. The summed E-state index contributed by atoms with van der Waals surface area (Å²) in [6.07, 6.45) is 9.16. The van der Waals surface area contributed by atoms with Crippen molar-refractivity contribution in [1.82, 2.24) is 4.98 Å². The molecule has 66 valence electrons. The molecule has 0 atom stereocenters. The zero-order valence-corrected chi connectivity index (χ0v) is 8.18. The molecule has 0 unspecified atom stereocenters. The van der Waals surface area contributed by atoms with Crippen molar-refractivity contribution in [1.29, 1.82) is 0 Å². The zero-order valence-electron chi connectivity index (χ0n) is 7.36. The monoisotopic (exact) mass is 191 g/mol. The minimum Gasteiger partial charge on any atom is -0.190 e. The lowest BCUT2D eigenvalue weighted by molar-refractivity contribution is -0.520. The fourth-order valence-electron chi connectivity index (χ4n) is 1.97. The minimum absolute atomic E-state index is 1.15. The van der Waals surface area contributed by atoms with E-state index in [2.05, 4.69) is 15.6 Å². The summed E-state index contributed by atoms with van der Waals surface area (Å²) in [5.74, 6) is 0. The molecule has 0 N–H and O–H groups in total. The Balaban J connectivity index is 2.34. The third-order valence-electron chi connectivity index (χ3n) is 2.61. The summed E-state index contributed by atoms with van der Waals surface area (Å²) in [6, 6.07) is 2.01. The fourth-order valence-corrected chi connectivity index (χ4v) is 3.14. The van der Waals surface area contributed by atoms with Gasteiger partial charge < -0.3 is 0 Å². The average Bonchev–Trinajstić information content (AvgIpc) is 2.56. The molecule has 0 radical (unpaired) electrons. The van der Waals surface area contributed by atoms with Crippen LogP contribution in [0.15, 0.2) is 18.5 Å². The fraction of sp³-hybridized carbons (Fsp3) is 0.400. The lowest BCUT2D eigenvalue weighted by Gasteiger charge is -2.06. The van der Waals surface area contributed by atoms with Crippen LogP contribution < -0.4 is 4.40 Å². The highest BCUT2D eigenvalue weighted by Crippen LogP contribution is 2.24. The van der Waals surface area contributed by atoms with Crippen molar-refractivity contribution in [3.05, 3.63) is 29.0 Å². The third kappa shape index (κ3) is 1.07. The van der Waals surface area contributed by atoms with Crippen LogP contribution in [0.4, 0.5) is 0 Å². The van der Waals surface area contributed by atoms with E-state index in [1.54, 1.807) is 4.88 Å². The van der Waals surface area contributed by atoms with Crippen molar-refractivity contribution in [3.63, 3.8) is 0 Å². The van der Waals surface area contributed by atoms with E-state index in [0.29, 0.717) is 0 Å². The molecular formula is C10H11N2S+. The van der Waals surface area contributed by atoms with Crippen LogP contribution in [-0.2, 0) is 12.8 Å². The smallest absolute Gasteiger partial charge is 0.190 e. The van der Waals surface area contributed by atoms with Crippen molar-refractivity contribution in [3.8, 4) is 0 Å². The summed E-state index contributed by atoms with van der Waals surface area (Å²) >= 11 is 1.85. The van der Waals surface area contributed by atoms with Gasteiger partial charge in [0, 0.05) is 12.5 Å². The van der Waals surface area contributed by atoms with E-state index >= 15 is 0 Å². The van der Waals surface area contributed by atoms with Crippen molar-refractivity contribution in [2.45, 2.75) is 25.7 Å². The molecule has 1 aliphatic carbocycles. The molecule has 0 bridgehead atoms. The molecule has 1 aliphatic rings. The van der Waals surface area contributed by atoms with E-state index in [1.165, 1.54) is 31.4 Å². The number of fused-ring (bicyclic) bond motifs is 3. The van der Waals surface area contributed by atoms with Crippen LogP contribution in [0.1, 0.15) is 23.4 Å². The second-order valence-electron chi connectivity index (χ2n) is 3.45. The summed E-state index contributed by atoms with van der Waals surface area (Å²) in [4.78, 5) is 7.06. The number of nitrogens with zero attached hydrogens (tertiary/aromatic N) is 2. The topological polar surface area (TPSA) is 17.0 Å². The van der Waals surface area contributed by atoms with Gasteiger partial charge in [0.25, 0.3) is 0 Å². The summed E-state index contributed by atoms with van der Waals surface area (Å²) in [7, 11) is 0. The predicted octanol–water partition coefficient (Wildman–Crippen LogP) is 1.76. The van der Waals surface area contributed by atoms with E-state index in [1.807, 2.05) is 23.6 Å². The molecule has 0 aliphatic heterocycles. The van der Waals surface area contributed by atoms with Crippen molar-refractivity contribution < 1.29 is 4.40 Å². The first kappa shape index (κ1) is 7.44.